The highest BCUT2D eigenvalue weighted by Crippen LogP contribution is 2.15. The Kier molecular flexibility index (Phi) is 4.73. The molecule has 4 nitrogen and oxygen atoms in total. The van der Waals surface area contributed by atoms with Gasteiger partial charge in [-0.2, -0.15) is 5.10 Å². The van der Waals surface area contributed by atoms with Crippen LogP contribution in [0.4, 0.5) is 0 Å². The molecule has 0 atom stereocenters. The van der Waals surface area contributed by atoms with Crippen LogP contribution in [0.2, 0.25) is 0 Å². The fraction of sp³-hybridized carbons (Fsp3) is 0.692. The van der Waals surface area contributed by atoms with E-state index in [0.717, 1.165) is 23.5 Å². The molecule has 1 heterocycles. The van der Waals surface area contributed by atoms with E-state index in [1.807, 2.05) is 25.5 Å². The first kappa shape index (κ1) is 13.7. The van der Waals surface area contributed by atoms with Crippen LogP contribution in [0.1, 0.15) is 37.7 Å². The molecule has 0 saturated heterocycles. The van der Waals surface area contributed by atoms with Crippen molar-refractivity contribution < 1.29 is 4.79 Å². The third-order valence-corrected chi connectivity index (χ3v) is 2.78. The molecule has 4 heteroatoms. The van der Waals surface area contributed by atoms with E-state index < -0.39 is 0 Å². The maximum atomic E-state index is 11.6. The van der Waals surface area contributed by atoms with Gasteiger partial charge in [0.05, 0.1) is 12.1 Å². The smallest absolute Gasteiger partial charge is 0.224 e. The minimum absolute atomic E-state index is 0.0720. The van der Waals surface area contributed by atoms with Gasteiger partial charge in [-0.3, -0.25) is 9.48 Å². The SMILES string of the molecule is CCNC(=O)Cc1c(C)nn(CC(C)C)c1C. The van der Waals surface area contributed by atoms with Crippen molar-refractivity contribution >= 4 is 5.91 Å². The highest BCUT2D eigenvalue weighted by molar-refractivity contribution is 5.79. The van der Waals surface area contributed by atoms with Gasteiger partial charge in [0.25, 0.3) is 0 Å². The van der Waals surface area contributed by atoms with E-state index in [-0.39, 0.29) is 5.91 Å². The minimum atomic E-state index is 0.0720. The van der Waals surface area contributed by atoms with Crippen LogP contribution in [0.3, 0.4) is 0 Å². The van der Waals surface area contributed by atoms with Gasteiger partial charge in [0.1, 0.15) is 0 Å². The molecule has 17 heavy (non-hydrogen) atoms. The van der Waals surface area contributed by atoms with Gasteiger partial charge in [-0.05, 0) is 26.7 Å². The lowest BCUT2D eigenvalue weighted by molar-refractivity contribution is -0.120. The van der Waals surface area contributed by atoms with Crippen molar-refractivity contribution in [1.82, 2.24) is 15.1 Å². The number of carbonyl (C=O) groups excluding carboxylic acids is 1. The predicted molar refractivity (Wildman–Crippen MR) is 68.9 cm³/mol. The van der Waals surface area contributed by atoms with Gasteiger partial charge in [-0.15, -0.1) is 0 Å². The van der Waals surface area contributed by atoms with Crippen molar-refractivity contribution in [3.8, 4) is 0 Å². The summed E-state index contributed by atoms with van der Waals surface area (Å²) < 4.78 is 2.01. The molecule has 0 aliphatic heterocycles. The van der Waals surface area contributed by atoms with Crippen LogP contribution in [-0.2, 0) is 17.8 Å². The lowest BCUT2D eigenvalue weighted by Crippen LogP contribution is -2.24. The summed E-state index contributed by atoms with van der Waals surface area (Å²) in [7, 11) is 0. The highest BCUT2D eigenvalue weighted by Gasteiger charge is 2.14. The molecule has 1 aromatic heterocycles. The Labute approximate surface area is 103 Å². The highest BCUT2D eigenvalue weighted by atomic mass is 16.1. The maximum Gasteiger partial charge on any atom is 0.224 e. The molecule has 0 spiro atoms. The number of likely N-dealkylation sites (N-methyl/N-ethyl adjacent to an activating group) is 1. The van der Waals surface area contributed by atoms with E-state index in [4.69, 9.17) is 0 Å². The van der Waals surface area contributed by atoms with Crippen LogP contribution in [-0.4, -0.2) is 22.2 Å². The second kappa shape index (κ2) is 5.84. The molecule has 0 bridgehead atoms. The summed E-state index contributed by atoms with van der Waals surface area (Å²) in [4.78, 5) is 11.6. The van der Waals surface area contributed by atoms with Crippen molar-refractivity contribution in [3.05, 3.63) is 17.0 Å². The molecule has 96 valence electrons. The number of rotatable bonds is 5. The Morgan fingerprint density at radius 3 is 2.59 bits per heavy atom. The summed E-state index contributed by atoms with van der Waals surface area (Å²) in [5.74, 6) is 0.633. The number of amides is 1. The number of nitrogens with one attached hydrogen (secondary N) is 1. The number of aryl methyl sites for hydroxylation is 1. The largest absolute Gasteiger partial charge is 0.356 e. The van der Waals surface area contributed by atoms with Crippen molar-refractivity contribution in [2.24, 2.45) is 5.92 Å². The van der Waals surface area contributed by atoms with E-state index in [0.29, 0.717) is 18.9 Å². The van der Waals surface area contributed by atoms with E-state index in [1.165, 1.54) is 0 Å². The number of hydrogen-bond donors (Lipinski definition) is 1. The van der Waals surface area contributed by atoms with Gasteiger partial charge in [0.2, 0.25) is 5.91 Å². The molecule has 0 fully saturated rings. The summed E-state index contributed by atoms with van der Waals surface area (Å²) in [6, 6.07) is 0. The summed E-state index contributed by atoms with van der Waals surface area (Å²) >= 11 is 0. The Balaban J connectivity index is 2.85. The van der Waals surface area contributed by atoms with Crippen LogP contribution in [0.5, 0.6) is 0 Å². The average Bonchev–Trinajstić information content (AvgIpc) is 2.45. The summed E-state index contributed by atoms with van der Waals surface area (Å²) in [5, 5.41) is 7.32. The van der Waals surface area contributed by atoms with Crippen LogP contribution in [0.25, 0.3) is 0 Å². The first-order chi connectivity index (χ1) is 7.95. The Bertz CT molecular complexity index is 394. The van der Waals surface area contributed by atoms with Gasteiger partial charge in [0, 0.05) is 24.3 Å². The van der Waals surface area contributed by atoms with Gasteiger partial charge in [-0.25, -0.2) is 0 Å². The lowest BCUT2D eigenvalue weighted by atomic mass is 10.1. The van der Waals surface area contributed by atoms with Crippen LogP contribution < -0.4 is 5.32 Å². The van der Waals surface area contributed by atoms with Crippen LogP contribution in [0, 0.1) is 19.8 Å². The molecule has 1 N–H and O–H groups in total. The molecule has 0 unspecified atom stereocenters. The first-order valence-corrected chi connectivity index (χ1v) is 6.25. The van der Waals surface area contributed by atoms with Crippen LogP contribution in [0.15, 0.2) is 0 Å². The molecule has 0 aliphatic rings. The second-order valence-corrected chi connectivity index (χ2v) is 4.86. The molecule has 1 rings (SSSR count). The quantitative estimate of drug-likeness (QED) is 0.849. The third-order valence-electron chi connectivity index (χ3n) is 2.78. The number of hydrogen-bond acceptors (Lipinski definition) is 2. The standard InChI is InChI=1S/C13H23N3O/c1-6-14-13(17)7-12-10(4)15-16(11(12)5)8-9(2)3/h9H,6-8H2,1-5H3,(H,14,17). The lowest BCUT2D eigenvalue weighted by Gasteiger charge is -2.08. The molecule has 1 aromatic rings. The van der Waals surface area contributed by atoms with E-state index in [2.05, 4.69) is 24.3 Å². The normalized spacial score (nSPS) is 10.9. The zero-order valence-electron chi connectivity index (χ0n) is 11.5. The second-order valence-electron chi connectivity index (χ2n) is 4.86. The molecule has 0 aromatic carbocycles. The number of nitrogens with zero attached hydrogens (tertiary/aromatic N) is 2. The zero-order valence-corrected chi connectivity index (χ0v) is 11.5. The first-order valence-electron chi connectivity index (χ1n) is 6.25. The molecule has 1 amide bonds. The summed E-state index contributed by atoms with van der Waals surface area (Å²) in [6.45, 7) is 11.9. The fourth-order valence-corrected chi connectivity index (χ4v) is 1.93. The van der Waals surface area contributed by atoms with E-state index >= 15 is 0 Å². The number of carbonyl (C=O) groups is 1. The van der Waals surface area contributed by atoms with Gasteiger partial charge < -0.3 is 5.32 Å². The molecular formula is C13H23N3O. The maximum absolute atomic E-state index is 11.6. The Morgan fingerprint density at radius 1 is 1.41 bits per heavy atom. The van der Waals surface area contributed by atoms with Crippen molar-refractivity contribution in [1.29, 1.82) is 0 Å². The van der Waals surface area contributed by atoms with Crippen molar-refractivity contribution in [2.75, 3.05) is 6.54 Å². The Hall–Kier alpha value is -1.32. The fourth-order valence-electron chi connectivity index (χ4n) is 1.93. The molecule has 0 saturated carbocycles. The third kappa shape index (κ3) is 3.58. The van der Waals surface area contributed by atoms with E-state index in [1.54, 1.807) is 0 Å². The number of aromatic nitrogens is 2. The summed E-state index contributed by atoms with van der Waals surface area (Å²) in [6.07, 6.45) is 0.434. The molecular weight excluding hydrogens is 214 g/mol. The van der Waals surface area contributed by atoms with Crippen LogP contribution >= 0.6 is 0 Å². The van der Waals surface area contributed by atoms with Gasteiger partial charge in [-0.1, -0.05) is 13.8 Å². The minimum Gasteiger partial charge on any atom is -0.356 e. The van der Waals surface area contributed by atoms with Crippen molar-refractivity contribution in [3.63, 3.8) is 0 Å². The summed E-state index contributed by atoms with van der Waals surface area (Å²) in [5.41, 5.74) is 3.15. The van der Waals surface area contributed by atoms with Crippen molar-refractivity contribution in [2.45, 2.75) is 47.6 Å². The van der Waals surface area contributed by atoms with Gasteiger partial charge in [0.15, 0.2) is 0 Å². The Morgan fingerprint density at radius 2 is 2.06 bits per heavy atom. The monoisotopic (exact) mass is 237 g/mol. The zero-order chi connectivity index (χ0) is 13.0. The average molecular weight is 237 g/mol. The topological polar surface area (TPSA) is 46.9 Å². The predicted octanol–water partition coefficient (Wildman–Crippen LogP) is 1.83. The van der Waals surface area contributed by atoms with E-state index in [9.17, 15) is 4.79 Å². The van der Waals surface area contributed by atoms with Gasteiger partial charge >= 0.3 is 0 Å². The molecule has 0 radical (unpaired) electrons. The molecule has 0 aliphatic carbocycles.